The maximum absolute atomic E-state index is 12.5. The van der Waals surface area contributed by atoms with Gasteiger partial charge in [-0.25, -0.2) is 4.79 Å². The Balaban J connectivity index is 6.65. The Labute approximate surface area is 222 Å². The lowest BCUT2D eigenvalue weighted by Gasteiger charge is -2.46. The van der Waals surface area contributed by atoms with Gasteiger partial charge in [0.05, 0.1) is 0 Å². The van der Waals surface area contributed by atoms with Crippen LogP contribution in [0.25, 0.3) is 0 Å². The van der Waals surface area contributed by atoms with E-state index in [1.54, 1.807) is 6.92 Å². The molecule has 0 unspecified atom stereocenters. The molecule has 0 aromatic rings. The molecule has 8 nitrogen and oxygen atoms in total. The maximum Gasteiger partial charge on any atom is 0.514 e. The van der Waals surface area contributed by atoms with Crippen molar-refractivity contribution < 1.29 is 34.2 Å². The second-order valence-electron chi connectivity index (χ2n) is 13.2. The normalized spacial score (nSPS) is 14.7. The third-order valence-corrected chi connectivity index (χ3v) is 27.0. The van der Waals surface area contributed by atoms with Crippen LogP contribution in [0.15, 0.2) is 12.2 Å². The lowest BCUT2D eigenvalue weighted by atomic mass is 10.4. The van der Waals surface area contributed by atoms with E-state index in [9.17, 15) is 4.79 Å². The molecule has 0 aromatic carbocycles. The van der Waals surface area contributed by atoms with Gasteiger partial charge in [-0.05, 0) is 105 Å². The van der Waals surface area contributed by atoms with E-state index < -0.39 is 65.4 Å². The zero-order valence-corrected chi connectivity index (χ0v) is 32.2. The molecule has 0 heterocycles. The summed E-state index contributed by atoms with van der Waals surface area (Å²) < 4.78 is 45.6. The molecule has 0 radical (unpaired) electrons. The minimum atomic E-state index is -3.72. The number of rotatable bonds is 15. The molecule has 0 fully saturated rings. The highest BCUT2D eigenvalue weighted by molar-refractivity contribution is 6.92. The van der Waals surface area contributed by atoms with Crippen LogP contribution < -0.4 is 0 Å². The zero-order valence-electron chi connectivity index (χ0n) is 25.2. The molecule has 0 aliphatic carbocycles. The predicted molar refractivity (Wildman–Crippen MR) is 161 cm³/mol. The minimum absolute atomic E-state index is 0.152. The standard InChI is InChI=1S/C20H52O8Si7/c1-19(2)20(21)22-18-35(26-32(12,13)23-29(3,4)5,27-33(14,15)24-30(6,7)8)28-34(16,17)25-31(9,10)11/h1,18H2,2-17H3. The molecule has 0 amide bonds. The van der Waals surface area contributed by atoms with Crippen LogP contribution in [0, 0.1) is 0 Å². The fourth-order valence-electron chi connectivity index (χ4n) is 3.83. The summed E-state index contributed by atoms with van der Waals surface area (Å²) >= 11 is 0. The van der Waals surface area contributed by atoms with Crippen molar-refractivity contribution >= 4 is 65.4 Å². The van der Waals surface area contributed by atoms with Crippen LogP contribution in [-0.4, -0.2) is 71.6 Å². The number of carbonyl (C=O) groups excluding carboxylic acids is 1. The SMILES string of the molecule is C=C(C)C(=O)OC[Si](O[Si](C)(C)O[Si](C)(C)C)(O[Si](C)(C)O[Si](C)(C)C)O[Si](C)(C)O[Si](C)(C)C. The first-order valence-electron chi connectivity index (χ1n) is 12.1. The summed E-state index contributed by atoms with van der Waals surface area (Å²) in [5.41, 5.74) is 0.299. The van der Waals surface area contributed by atoms with Gasteiger partial charge in [-0.3, -0.25) is 0 Å². The van der Waals surface area contributed by atoms with Crippen molar-refractivity contribution in [2.45, 2.75) is 105 Å². The average Bonchev–Trinajstić information content (AvgIpc) is 2.42. The molecule has 35 heavy (non-hydrogen) atoms. The number of carbonyl (C=O) groups is 1. The highest BCUT2D eigenvalue weighted by Crippen LogP contribution is 2.31. The molecule has 0 rings (SSSR count). The first-order chi connectivity index (χ1) is 15.1. The second-order valence-corrected chi connectivity index (χ2v) is 40.8. The molecule has 0 aromatic heterocycles. The second kappa shape index (κ2) is 12.1. The minimum Gasteiger partial charge on any atom is -0.458 e. The van der Waals surface area contributed by atoms with Crippen LogP contribution in [0.1, 0.15) is 6.92 Å². The highest BCUT2D eigenvalue weighted by Gasteiger charge is 2.57. The average molecular weight is 617 g/mol. The largest absolute Gasteiger partial charge is 0.514 e. The van der Waals surface area contributed by atoms with Gasteiger partial charge in [0, 0.05) is 5.57 Å². The summed E-state index contributed by atoms with van der Waals surface area (Å²) in [6.45, 7) is 36.4. The third kappa shape index (κ3) is 16.8. The van der Waals surface area contributed by atoms with Crippen molar-refractivity contribution in [2.75, 3.05) is 6.23 Å². The van der Waals surface area contributed by atoms with Crippen molar-refractivity contribution in [1.82, 2.24) is 0 Å². The summed E-state index contributed by atoms with van der Waals surface area (Å²) in [6, 6.07) is 0. The van der Waals surface area contributed by atoms with E-state index in [-0.39, 0.29) is 6.23 Å². The molecule has 0 atom stereocenters. The van der Waals surface area contributed by atoms with Crippen LogP contribution in [0.5, 0.6) is 0 Å². The monoisotopic (exact) mass is 616 g/mol. The van der Waals surface area contributed by atoms with Gasteiger partial charge in [0.1, 0.15) is 0 Å². The van der Waals surface area contributed by atoms with Gasteiger partial charge in [0.25, 0.3) is 0 Å². The van der Waals surface area contributed by atoms with E-state index in [2.05, 4.69) is 65.5 Å². The Kier molecular flexibility index (Phi) is 12.3. The van der Waals surface area contributed by atoms with E-state index in [0.717, 1.165) is 0 Å². The lowest BCUT2D eigenvalue weighted by Crippen LogP contribution is -2.68. The third-order valence-electron chi connectivity index (χ3n) is 3.59. The van der Waals surface area contributed by atoms with Crippen LogP contribution in [0.3, 0.4) is 0 Å². The van der Waals surface area contributed by atoms with Crippen molar-refractivity contribution in [3.8, 4) is 0 Å². The van der Waals surface area contributed by atoms with Gasteiger partial charge in [-0.15, -0.1) is 0 Å². The molecule has 0 aliphatic heterocycles. The molecule has 0 saturated carbocycles. The van der Waals surface area contributed by atoms with Gasteiger partial charge in [-0.2, -0.15) is 0 Å². The fourth-order valence-corrected chi connectivity index (χ4v) is 34.8. The summed E-state index contributed by atoms with van der Waals surface area (Å²) in [5.74, 6) is -0.514. The van der Waals surface area contributed by atoms with Crippen molar-refractivity contribution in [3.05, 3.63) is 12.2 Å². The summed E-state index contributed by atoms with van der Waals surface area (Å²) in [7, 11) is -17.9. The van der Waals surface area contributed by atoms with E-state index in [1.807, 2.05) is 39.3 Å². The first kappa shape index (κ1) is 35.5. The van der Waals surface area contributed by atoms with Crippen LogP contribution in [0.4, 0.5) is 0 Å². The molecular weight excluding hydrogens is 565 g/mol. The van der Waals surface area contributed by atoms with Crippen molar-refractivity contribution in [1.29, 1.82) is 0 Å². The number of hydrogen-bond donors (Lipinski definition) is 0. The quantitative estimate of drug-likeness (QED) is 0.121. The summed E-state index contributed by atoms with van der Waals surface area (Å²) in [6.07, 6.45) is -0.152. The van der Waals surface area contributed by atoms with Gasteiger partial charge >= 0.3 is 40.5 Å². The summed E-state index contributed by atoms with van der Waals surface area (Å²) in [5, 5.41) is 0. The van der Waals surface area contributed by atoms with Gasteiger partial charge < -0.3 is 29.4 Å². The number of ether oxygens (including phenoxy) is 1. The van der Waals surface area contributed by atoms with Crippen LogP contribution in [0.2, 0.25) is 98.2 Å². The van der Waals surface area contributed by atoms with E-state index >= 15 is 0 Å². The molecule has 0 spiro atoms. The molecule has 0 N–H and O–H groups in total. The molecule has 0 aliphatic rings. The Bertz CT molecular complexity index is 663. The molecule has 15 heteroatoms. The molecular formula is C20H52O8Si7. The highest BCUT2D eigenvalue weighted by atomic mass is 28.5. The Morgan fingerprint density at radius 1 is 0.543 bits per heavy atom. The van der Waals surface area contributed by atoms with Crippen molar-refractivity contribution in [2.24, 2.45) is 0 Å². The number of hydrogen-bond acceptors (Lipinski definition) is 8. The van der Waals surface area contributed by atoms with E-state index in [0.29, 0.717) is 5.57 Å². The smallest absolute Gasteiger partial charge is 0.458 e. The number of esters is 1. The maximum atomic E-state index is 12.5. The van der Waals surface area contributed by atoms with Gasteiger partial charge in [0.15, 0.2) is 31.2 Å². The molecule has 0 bridgehead atoms. The van der Waals surface area contributed by atoms with E-state index in [4.69, 9.17) is 29.4 Å². The summed E-state index contributed by atoms with van der Waals surface area (Å²) in [4.78, 5) is 12.5. The Hall–Kier alpha value is 0.488. The Morgan fingerprint density at radius 3 is 1.00 bits per heavy atom. The predicted octanol–water partition coefficient (Wildman–Crippen LogP) is 6.29. The van der Waals surface area contributed by atoms with Gasteiger partial charge in [-0.1, -0.05) is 6.58 Å². The van der Waals surface area contributed by atoms with Gasteiger partial charge in [0.2, 0.25) is 0 Å². The molecule has 0 saturated heterocycles. The fraction of sp³-hybridized carbons (Fsp3) is 0.850. The topological polar surface area (TPSA) is 81.7 Å². The first-order valence-corrected chi connectivity index (χ1v) is 32.7. The molecule has 208 valence electrons. The van der Waals surface area contributed by atoms with E-state index in [1.165, 1.54) is 0 Å². The zero-order chi connectivity index (χ0) is 28.3. The van der Waals surface area contributed by atoms with Crippen molar-refractivity contribution in [3.63, 3.8) is 0 Å². The van der Waals surface area contributed by atoms with Crippen LogP contribution in [-0.2, 0) is 34.2 Å². The Morgan fingerprint density at radius 2 is 0.800 bits per heavy atom. The van der Waals surface area contributed by atoms with Crippen LogP contribution >= 0.6 is 0 Å². The lowest BCUT2D eigenvalue weighted by molar-refractivity contribution is -0.138.